The summed E-state index contributed by atoms with van der Waals surface area (Å²) < 4.78 is 15.0. The summed E-state index contributed by atoms with van der Waals surface area (Å²) in [7, 11) is -0.225. The van der Waals surface area contributed by atoms with Crippen LogP contribution in [0.4, 0.5) is 0 Å². The Kier molecular flexibility index (Phi) is 4.04. The Morgan fingerprint density at radius 3 is 2.64 bits per heavy atom. The van der Waals surface area contributed by atoms with Crippen molar-refractivity contribution in [2.45, 2.75) is 57.6 Å². The summed E-state index contributed by atoms with van der Waals surface area (Å²) in [5.74, 6) is 0.174. The Hall–Kier alpha value is -2.89. The number of benzene rings is 2. The van der Waals surface area contributed by atoms with Gasteiger partial charge in [0, 0.05) is 22.5 Å². The van der Waals surface area contributed by atoms with Crippen LogP contribution in [0.15, 0.2) is 48.6 Å². The maximum atomic E-state index is 6.35. The highest BCUT2D eigenvalue weighted by Gasteiger charge is 2.47. The Labute approximate surface area is 194 Å². The molecule has 1 saturated heterocycles. The summed E-state index contributed by atoms with van der Waals surface area (Å²) in [4.78, 5) is 5.18. The van der Waals surface area contributed by atoms with Gasteiger partial charge in [-0.2, -0.15) is 0 Å². The van der Waals surface area contributed by atoms with Crippen LogP contribution in [0.3, 0.4) is 0 Å². The third kappa shape index (κ3) is 2.82. The second-order valence-corrected chi connectivity index (χ2v) is 10.2. The number of imidazole rings is 1. The molecule has 1 aliphatic heterocycles. The third-order valence-electron chi connectivity index (χ3n) is 7.84. The fourth-order valence-corrected chi connectivity index (χ4v) is 5.69. The van der Waals surface area contributed by atoms with Gasteiger partial charge in [0.1, 0.15) is 5.65 Å². The topological polar surface area (TPSA) is 35.8 Å². The first-order valence-electron chi connectivity index (χ1n) is 12.1. The third-order valence-corrected chi connectivity index (χ3v) is 7.84. The highest BCUT2D eigenvalue weighted by atomic mass is 16.7. The molecular weight excluding hydrogens is 407 g/mol. The van der Waals surface area contributed by atoms with E-state index in [2.05, 4.69) is 85.9 Å². The zero-order valence-electron chi connectivity index (χ0n) is 19.3. The van der Waals surface area contributed by atoms with Crippen LogP contribution in [-0.4, -0.2) is 28.2 Å². The largest absolute Gasteiger partial charge is 0.465 e. The van der Waals surface area contributed by atoms with Crippen LogP contribution in [0.2, 0.25) is 5.82 Å². The number of hydrogen-bond donors (Lipinski definition) is 0. The van der Waals surface area contributed by atoms with Gasteiger partial charge in [-0.3, -0.25) is 4.40 Å². The van der Waals surface area contributed by atoms with Crippen LogP contribution in [0, 0.1) is 0 Å². The number of hydrogen-bond acceptors (Lipinski definition) is 3. The Bertz CT molecular complexity index is 1510. The number of pyridine rings is 1. The first kappa shape index (κ1) is 19.6. The monoisotopic (exact) mass is 434 g/mol. The number of aryl methyl sites for hydroxylation is 1. The fraction of sp³-hybridized carbons (Fsp3) is 0.321. The fourth-order valence-electron chi connectivity index (χ4n) is 5.69. The van der Waals surface area contributed by atoms with Gasteiger partial charge in [0.15, 0.2) is 0 Å². The molecule has 33 heavy (non-hydrogen) atoms. The van der Waals surface area contributed by atoms with Crippen molar-refractivity contribution in [3.63, 3.8) is 0 Å². The highest BCUT2D eigenvalue weighted by molar-refractivity contribution is 6.48. The minimum atomic E-state index is -0.271. The molecule has 0 radical (unpaired) electrons. The van der Waals surface area contributed by atoms with Crippen molar-refractivity contribution in [3.8, 4) is 0 Å². The molecule has 4 nitrogen and oxygen atoms in total. The number of rotatable bonds is 1. The molecule has 164 valence electrons. The van der Waals surface area contributed by atoms with Crippen molar-refractivity contribution in [2.24, 2.45) is 0 Å². The molecule has 0 N–H and O–H groups in total. The lowest BCUT2D eigenvalue weighted by atomic mass is 9.67. The van der Waals surface area contributed by atoms with E-state index in [1.807, 2.05) is 0 Å². The molecule has 7 rings (SSSR count). The van der Waals surface area contributed by atoms with Crippen LogP contribution in [0.25, 0.3) is 39.3 Å². The lowest BCUT2D eigenvalue weighted by Gasteiger charge is -2.25. The van der Waals surface area contributed by atoms with Crippen LogP contribution < -0.4 is 0 Å². The predicted molar refractivity (Wildman–Crippen MR) is 136 cm³/mol. The number of nitrogens with zero attached hydrogens (tertiary/aromatic N) is 2. The van der Waals surface area contributed by atoms with E-state index in [1.165, 1.54) is 44.2 Å². The van der Waals surface area contributed by atoms with Crippen LogP contribution in [0.1, 0.15) is 49.8 Å². The van der Waals surface area contributed by atoms with Crippen molar-refractivity contribution in [1.29, 1.82) is 0 Å². The van der Waals surface area contributed by atoms with Crippen molar-refractivity contribution in [2.75, 3.05) is 0 Å². The van der Waals surface area contributed by atoms with Gasteiger partial charge in [-0.25, -0.2) is 4.98 Å². The minimum absolute atomic E-state index is 0.0734. The van der Waals surface area contributed by atoms with Crippen molar-refractivity contribution in [1.82, 2.24) is 9.38 Å². The van der Waals surface area contributed by atoms with Crippen molar-refractivity contribution >= 4 is 46.5 Å². The molecule has 2 atom stereocenters. The van der Waals surface area contributed by atoms with E-state index in [0.717, 1.165) is 24.9 Å². The Balaban J connectivity index is 1.49. The van der Waals surface area contributed by atoms with Crippen LogP contribution in [0.5, 0.6) is 0 Å². The van der Waals surface area contributed by atoms with E-state index in [4.69, 9.17) is 14.3 Å². The normalized spacial score (nSPS) is 23.5. The summed E-state index contributed by atoms with van der Waals surface area (Å²) in [6, 6.07) is 13.3. The van der Waals surface area contributed by atoms with Gasteiger partial charge in [-0.15, -0.1) is 0 Å². The van der Waals surface area contributed by atoms with Crippen molar-refractivity contribution < 1.29 is 9.31 Å². The molecule has 2 aliphatic carbocycles. The molecule has 1 fully saturated rings. The highest BCUT2D eigenvalue weighted by Crippen LogP contribution is 2.41. The second kappa shape index (κ2) is 6.81. The molecule has 0 saturated carbocycles. The summed E-state index contributed by atoms with van der Waals surface area (Å²) in [5, 5.41) is 5.02. The molecule has 3 aliphatic rings. The summed E-state index contributed by atoms with van der Waals surface area (Å²) in [6.07, 6.45) is 12.1. The van der Waals surface area contributed by atoms with Gasteiger partial charge in [0.25, 0.3) is 0 Å². The zero-order chi connectivity index (χ0) is 22.3. The van der Waals surface area contributed by atoms with E-state index < -0.39 is 0 Å². The first-order valence-corrected chi connectivity index (χ1v) is 12.1. The average molecular weight is 434 g/mol. The maximum Gasteiger partial charge on any atom is 0.465 e. The van der Waals surface area contributed by atoms with Gasteiger partial charge >= 0.3 is 7.12 Å². The molecule has 5 heteroatoms. The smallest absolute Gasteiger partial charge is 0.405 e. The van der Waals surface area contributed by atoms with Crippen LogP contribution >= 0.6 is 0 Å². The van der Waals surface area contributed by atoms with Gasteiger partial charge in [-0.05, 0) is 74.4 Å². The van der Waals surface area contributed by atoms with E-state index in [9.17, 15) is 0 Å². The minimum Gasteiger partial charge on any atom is -0.405 e. The molecule has 0 bridgehead atoms. The molecular formula is C28H27BN2O2. The number of fused-ring (bicyclic) bond motifs is 9. The zero-order valence-corrected chi connectivity index (χ0v) is 19.3. The lowest BCUT2D eigenvalue weighted by Crippen LogP contribution is -2.31. The number of aromatic nitrogens is 2. The molecule has 2 aromatic heterocycles. The SMILES string of the molecule is CC1OB(C2C=Cc3c(n4c5c(nc4c4cc6ccccc6cc34)CCC=C5)C2)OC1(C)C. The molecule has 3 heterocycles. The predicted octanol–water partition coefficient (Wildman–Crippen LogP) is 6.24. The Morgan fingerprint density at radius 2 is 1.88 bits per heavy atom. The first-order chi connectivity index (χ1) is 16.0. The Morgan fingerprint density at radius 1 is 1.09 bits per heavy atom. The van der Waals surface area contributed by atoms with E-state index in [-0.39, 0.29) is 24.6 Å². The molecule has 4 aromatic rings. The molecule has 0 amide bonds. The van der Waals surface area contributed by atoms with E-state index in [1.54, 1.807) is 0 Å². The van der Waals surface area contributed by atoms with Gasteiger partial charge in [-0.1, -0.05) is 42.5 Å². The van der Waals surface area contributed by atoms with Gasteiger partial charge in [0.2, 0.25) is 0 Å². The van der Waals surface area contributed by atoms with Crippen molar-refractivity contribution in [3.05, 3.63) is 71.2 Å². The summed E-state index contributed by atoms with van der Waals surface area (Å²) in [6.45, 7) is 6.34. The van der Waals surface area contributed by atoms with Crippen LogP contribution in [-0.2, 0) is 22.2 Å². The maximum absolute atomic E-state index is 6.35. The van der Waals surface area contributed by atoms with Gasteiger partial charge < -0.3 is 9.31 Å². The lowest BCUT2D eigenvalue weighted by molar-refractivity contribution is 0.0838. The van der Waals surface area contributed by atoms with E-state index >= 15 is 0 Å². The standard InChI is InChI=1S/C28H27BN2O2/c1-17-28(2,3)33-29(32-17)20-12-13-21-22-14-18-8-4-5-9-19(18)15-23(22)27-30-24-10-6-7-11-25(24)31(27)26(21)16-20/h4-5,7-9,11-15,17,20H,6,10,16H2,1-3H3. The average Bonchev–Trinajstić information content (AvgIpc) is 3.35. The summed E-state index contributed by atoms with van der Waals surface area (Å²) in [5.41, 5.74) is 5.84. The number of allylic oxidation sites excluding steroid dienone is 2. The quantitative estimate of drug-likeness (QED) is 0.263. The second-order valence-electron chi connectivity index (χ2n) is 10.2. The molecule has 0 spiro atoms. The van der Waals surface area contributed by atoms with E-state index in [0.29, 0.717) is 0 Å². The summed E-state index contributed by atoms with van der Waals surface area (Å²) >= 11 is 0. The van der Waals surface area contributed by atoms with Gasteiger partial charge in [0.05, 0.1) is 23.1 Å². The molecule has 2 aromatic carbocycles. The molecule has 2 unspecified atom stereocenters.